The van der Waals surface area contributed by atoms with Gasteiger partial charge in [0.2, 0.25) is 0 Å². The van der Waals surface area contributed by atoms with Gasteiger partial charge in [-0.25, -0.2) is 9.67 Å². The number of pyridine rings is 1. The van der Waals surface area contributed by atoms with Crippen LogP contribution in [0.2, 0.25) is 0 Å². The zero-order chi connectivity index (χ0) is 16.9. The van der Waals surface area contributed by atoms with Crippen molar-refractivity contribution in [2.75, 3.05) is 0 Å². The molecule has 0 aliphatic heterocycles. The molecule has 0 bridgehead atoms. The molecule has 8 nitrogen and oxygen atoms in total. The molecule has 120 valence electrons. The second kappa shape index (κ2) is 6.69. The van der Waals surface area contributed by atoms with Gasteiger partial charge in [-0.05, 0) is 35.9 Å². The van der Waals surface area contributed by atoms with Crippen LogP contribution >= 0.6 is 0 Å². The molecule has 0 saturated heterocycles. The highest BCUT2D eigenvalue weighted by molar-refractivity contribution is 5.94. The Hall–Kier alpha value is -3.55. The van der Waals surface area contributed by atoms with Gasteiger partial charge in [0.15, 0.2) is 5.82 Å². The number of nitro groups is 1. The van der Waals surface area contributed by atoms with E-state index in [2.05, 4.69) is 15.4 Å². The van der Waals surface area contributed by atoms with E-state index in [1.54, 1.807) is 35.4 Å². The number of aromatic nitrogens is 3. The van der Waals surface area contributed by atoms with Gasteiger partial charge in [-0.15, -0.1) is 0 Å². The predicted molar refractivity (Wildman–Crippen MR) is 85.6 cm³/mol. The fraction of sp³-hybridized carbons (Fsp3) is 0.0625. The second-order valence-electron chi connectivity index (χ2n) is 4.96. The largest absolute Gasteiger partial charge is 0.348 e. The zero-order valence-corrected chi connectivity index (χ0v) is 12.5. The Morgan fingerprint density at radius 3 is 2.67 bits per heavy atom. The van der Waals surface area contributed by atoms with Crippen LogP contribution in [0.5, 0.6) is 0 Å². The molecule has 1 amide bonds. The lowest BCUT2D eigenvalue weighted by Crippen LogP contribution is -2.22. The van der Waals surface area contributed by atoms with Gasteiger partial charge in [-0.1, -0.05) is 0 Å². The summed E-state index contributed by atoms with van der Waals surface area (Å²) in [5.74, 6) is 0.351. The summed E-state index contributed by atoms with van der Waals surface area (Å²) in [6.45, 7) is 0.312. The average molecular weight is 323 g/mol. The molecular weight excluding hydrogens is 310 g/mol. The highest BCUT2D eigenvalue weighted by Crippen LogP contribution is 2.12. The number of nitro benzene ring substituents is 1. The van der Waals surface area contributed by atoms with E-state index in [0.29, 0.717) is 17.9 Å². The maximum absolute atomic E-state index is 12.1. The molecule has 0 aliphatic rings. The second-order valence-corrected chi connectivity index (χ2v) is 4.96. The van der Waals surface area contributed by atoms with Gasteiger partial charge in [0.1, 0.15) is 0 Å². The number of amides is 1. The number of carbonyl (C=O) groups is 1. The number of nitrogens with zero attached hydrogens (tertiary/aromatic N) is 4. The molecular formula is C16H13N5O3. The molecule has 0 saturated carbocycles. The Bertz CT molecular complexity index is 860. The fourth-order valence-corrected chi connectivity index (χ4v) is 2.12. The summed E-state index contributed by atoms with van der Waals surface area (Å²) in [7, 11) is 0. The molecule has 2 heterocycles. The first-order chi connectivity index (χ1) is 11.6. The molecule has 0 unspecified atom stereocenters. The Kier molecular flexibility index (Phi) is 4.28. The van der Waals surface area contributed by atoms with Gasteiger partial charge in [0, 0.05) is 42.8 Å². The number of hydrogen-bond acceptors (Lipinski definition) is 5. The summed E-state index contributed by atoms with van der Waals surface area (Å²) in [5.41, 5.74) is 1.18. The van der Waals surface area contributed by atoms with Crippen molar-refractivity contribution in [3.05, 3.63) is 82.3 Å². The third-order valence-corrected chi connectivity index (χ3v) is 3.34. The Labute approximate surface area is 136 Å². The van der Waals surface area contributed by atoms with Crippen molar-refractivity contribution in [1.82, 2.24) is 20.1 Å². The van der Waals surface area contributed by atoms with Gasteiger partial charge in [0.25, 0.3) is 11.6 Å². The Morgan fingerprint density at radius 2 is 2.00 bits per heavy atom. The van der Waals surface area contributed by atoms with Gasteiger partial charge in [-0.2, -0.15) is 5.10 Å². The SMILES string of the molecule is O=C(NCc1ccnc(-n2cccn2)c1)c1ccc([N+](=O)[O-])cc1. The summed E-state index contributed by atoms with van der Waals surface area (Å²) in [4.78, 5) is 26.4. The number of hydrogen-bond donors (Lipinski definition) is 1. The Morgan fingerprint density at radius 1 is 1.21 bits per heavy atom. The third-order valence-electron chi connectivity index (χ3n) is 3.34. The lowest BCUT2D eigenvalue weighted by atomic mass is 10.2. The van der Waals surface area contributed by atoms with E-state index in [4.69, 9.17) is 0 Å². The molecule has 0 spiro atoms. The van der Waals surface area contributed by atoms with Gasteiger partial charge < -0.3 is 5.32 Å². The van der Waals surface area contributed by atoms with Crippen LogP contribution < -0.4 is 5.32 Å². The van der Waals surface area contributed by atoms with E-state index < -0.39 is 4.92 Å². The van der Waals surface area contributed by atoms with Crippen molar-refractivity contribution in [3.8, 4) is 5.82 Å². The van der Waals surface area contributed by atoms with Crippen molar-refractivity contribution in [1.29, 1.82) is 0 Å². The summed E-state index contributed by atoms with van der Waals surface area (Å²) < 4.78 is 1.63. The summed E-state index contributed by atoms with van der Waals surface area (Å²) in [6, 6.07) is 10.9. The maximum atomic E-state index is 12.1. The molecule has 24 heavy (non-hydrogen) atoms. The number of non-ortho nitro benzene ring substituents is 1. The first-order valence-corrected chi connectivity index (χ1v) is 7.11. The van der Waals surface area contributed by atoms with Crippen molar-refractivity contribution < 1.29 is 9.72 Å². The lowest BCUT2D eigenvalue weighted by Gasteiger charge is -2.07. The molecule has 0 fully saturated rings. The smallest absolute Gasteiger partial charge is 0.269 e. The van der Waals surface area contributed by atoms with Crippen molar-refractivity contribution in [2.24, 2.45) is 0 Å². The lowest BCUT2D eigenvalue weighted by molar-refractivity contribution is -0.384. The van der Waals surface area contributed by atoms with Crippen LogP contribution in [0.15, 0.2) is 61.1 Å². The van der Waals surface area contributed by atoms with E-state index in [0.717, 1.165) is 5.56 Å². The van der Waals surface area contributed by atoms with E-state index in [-0.39, 0.29) is 11.6 Å². The quantitative estimate of drug-likeness (QED) is 0.572. The van der Waals surface area contributed by atoms with Crippen LogP contribution in [-0.4, -0.2) is 25.6 Å². The van der Waals surface area contributed by atoms with E-state index in [1.807, 2.05) is 6.07 Å². The van der Waals surface area contributed by atoms with E-state index >= 15 is 0 Å². The normalized spacial score (nSPS) is 10.3. The monoisotopic (exact) mass is 323 g/mol. The van der Waals surface area contributed by atoms with Crippen LogP contribution in [0, 0.1) is 10.1 Å². The maximum Gasteiger partial charge on any atom is 0.269 e. The zero-order valence-electron chi connectivity index (χ0n) is 12.5. The van der Waals surface area contributed by atoms with Crippen molar-refractivity contribution >= 4 is 11.6 Å². The first-order valence-electron chi connectivity index (χ1n) is 7.11. The van der Waals surface area contributed by atoms with Gasteiger partial charge in [-0.3, -0.25) is 14.9 Å². The minimum absolute atomic E-state index is 0.0513. The first kappa shape index (κ1) is 15.3. The highest BCUT2D eigenvalue weighted by atomic mass is 16.6. The predicted octanol–water partition coefficient (Wildman–Crippen LogP) is 2.11. The average Bonchev–Trinajstić information content (AvgIpc) is 3.15. The molecule has 3 aromatic rings. The summed E-state index contributed by atoms with van der Waals surface area (Å²) >= 11 is 0. The minimum Gasteiger partial charge on any atom is -0.348 e. The van der Waals surface area contributed by atoms with Crippen LogP contribution in [0.4, 0.5) is 5.69 Å². The van der Waals surface area contributed by atoms with Crippen LogP contribution in [0.3, 0.4) is 0 Å². The van der Waals surface area contributed by atoms with Crippen LogP contribution in [0.1, 0.15) is 15.9 Å². The molecule has 3 rings (SSSR count). The topological polar surface area (TPSA) is 103 Å². The van der Waals surface area contributed by atoms with Crippen LogP contribution in [-0.2, 0) is 6.54 Å². The van der Waals surface area contributed by atoms with E-state index in [9.17, 15) is 14.9 Å². The molecule has 1 N–H and O–H groups in total. The number of nitrogens with one attached hydrogen (secondary N) is 1. The van der Waals surface area contributed by atoms with Gasteiger partial charge >= 0.3 is 0 Å². The molecule has 0 atom stereocenters. The molecule has 8 heteroatoms. The van der Waals surface area contributed by atoms with E-state index in [1.165, 1.54) is 24.3 Å². The number of rotatable bonds is 5. The fourth-order valence-electron chi connectivity index (χ4n) is 2.12. The van der Waals surface area contributed by atoms with Crippen molar-refractivity contribution in [2.45, 2.75) is 6.54 Å². The van der Waals surface area contributed by atoms with Crippen LogP contribution in [0.25, 0.3) is 5.82 Å². The van der Waals surface area contributed by atoms with Gasteiger partial charge in [0.05, 0.1) is 4.92 Å². The Balaban J connectivity index is 1.66. The summed E-state index contributed by atoms with van der Waals surface area (Å²) in [5, 5.41) is 17.5. The third kappa shape index (κ3) is 3.43. The standard InChI is InChI=1S/C16H13N5O3/c22-16(13-2-4-14(5-3-13)21(23)24)18-11-12-6-8-17-15(10-12)20-9-1-7-19-20/h1-10H,11H2,(H,18,22). The molecule has 0 aliphatic carbocycles. The number of benzene rings is 1. The molecule has 1 aromatic carbocycles. The minimum atomic E-state index is -0.504. The molecule has 0 radical (unpaired) electrons. The van der Waals surface area contributed by atoms with Crippen molar-refractivity contribution in [3.63, 3.8) is 0 Å². The molecule has 2 aromatic heterocycles. The highest BCUT2D eigenvalue weighted by Gasteiger charge is 2.09. The number of carbonyl (C=O) groups excluding carboxylic acids is 1. The summed E-state index contributed by atoms with van der Waals surface area (Å²) in [6.07, 6.45) is 5.08.